The Labute approximate surface area is 85.5 Å². The maximum absolute atomic E-state index is 11.0. The van der Waals surface area contributed by atoms with E-state index in [0.717, 1.165) is 0 Å². The fraction of sp³-hybridized carbons (Fsp3) is 0.250. The van der Waals surface area contributed by atoms with Gasteiger partial charge in [-0.25, -0.2) is 9.59 Å². The fourth-order valence-electron chi connectivity index (χ4n) is 1.46. The third-order valence-corrected chi connectivity index (χ3v) is 2.23. The Morgan fingerprint density at radius 1 is 1.33 bits per heavy atom. The smallest absolute Gasteiger partial charge is 0.321 e. The van der Waals surface area contributed by atoms with Gasteiger partial charge in [-0.1, -0.05) is 0 Å². The monoisotopic (exact) mass is 210 g/mol. The highest BCUT2D eigenvalue weighted by Gasteiger charge is 2.30. The first-order valence-electron chi connectivity index (χ1n) is 4.27. The van der Waals surface area contributed by atoms with E-state index in [2.05, 4.69) is 0 Å². The number of hydrogen-bond donors (Lipinski definition) is 2. The van der Waals surface area contributed by atoms with E-state index >= 15 is 0 Å². The Morgan fingerprint density at radius 2 is 2.07 bits per heavy atom. The summed E-state index contributed by atoms with van der Waals surface area (Å²) in [4.78, 5) is 24.5. The molecule has 0 radical (unpaired) electrons. The fourth-order valence-corrected chi connectivity index (χ4v) is 1.46. The summed E-state index contributed by atoms with van der Waals surface area (Å²) in [7, 11) is 0. The molecule has 0 saturated carbocycles. The molecule has 80 valence electrons. The minimum Gasteiger partial charge on any atom is -0.471 e. The van der Waals surface area contributed by atoms with Crippen LogP contribution in [0, 0.1) is 0 Å². The predicted octanol–water partition coefficient (Wildman–Crippen LogP) is -0.526. The van der Waals surface area contributed by atoms with Crippen LogP contribution in [0.15, 0.2) is 23.7 Å². The zero-order chi connectivity index (χ0) is 11.0. The molecule has 0 bridgehead atoms. The number of allylic oxidation sites excluding steroid dienone is 1. The van der Waals surface area contributed by atoms with Crippen LogP contribution in [0.3, 0.4) is 0 Å². The van der Waals surface area contributed by atoms with Crippen LogP contribution >= 0.6 is 0 Å². The van der Waals surface area contributed by atoms with Crippen molar-refractivity contribution in [2.75, 3.05) is 13.3 Å². The van der Waals surface area contributed by atoms with Gasteiger partial charge >= 0.3 is 12.1 Å². The highest BCUT2D eigenvalue weighted by Crippen LogP contribution is 2.25. The van der Waals surface area contributed by atoms with Crippen LogP contribution in [-0.4, -0.2) is 35.1 Å². The maximum Gasteiger partial charge on any atom is 0.321 e. The van der Waals surface area contributed by atoms with Crippen molar-refractivity contribution < 1.29 is 14.3 Å². The quantitative estimate of drug-likeness (QED) is 0.562. The van der Waals surface area contributed by atoms with Crippen LogP contribution in [0.1, 0.15) is 0 Å². The lowest BCUT2D eigenvalue weighted by atomic mass is 10.2. The molecule has 0 aromatic carbocycles. The molecular formula is C8H10N4O3. The summed E-state index contributed by atoms with van der Waals surface area (Å²) in [5.74, 6) is 0.548. The van der Waals surface area contributed by atoms with Crippen molar-refractivity contribution in [1.82, 2.24) is 9.80 Å². The van der Waals surface area contributed by atoms with Crippen molar-refractivity contribution in [1.29, 1.82) is 0 Å². The molecule has 0 aromatic heterocycles. The highest BCUT2D eigenvalue weighted by molar-refractivity contribution is 5.77. The van der Waals surface area contributed by atoms with Crippen LogP contribution in [0.4, 0.5) is 9.59 Å². The summed E-state index contributed by atoms with van der Waals surface area (Å²) < 4.78 is 5.20. The van der Waals surface area contributed by atoms with E-state index in [-0.39, 0.29) is 13.3 Å². The maximum atomic E-state index is 11.0. The largest absolute Gasteiger partial charge is 0.471 e. The third-order valence-electron chi connectivity index (χ3n) is 2.23. The molecule has 2 heterocycles. The van der Waals surface area contributed by atoms with Crippen LogP contribution in [-0.2, 0) is 4.74 Å². The van der Waals surface area contributed by atoms with Crippen molar-refractivity contribution in [3.8, 4) is 0 Å². The first-order valence-corrected chi connectivity index (χ1v) is 4.27. The number of urea groups is 2. The SMILES string of the molecule is NC(=O)N1C=CC2=C(C1)N(C(N)=O)CO2. The number of primary amides is 2. The number of nitrogens with zero attached hydrogens (tertiary/aromatic N) is 2. The van der Waals surface area contributed by atoms with Gasteiger partial charge in [-0.2, -0.15) is 0 Å². The molecule has 0 atom stereocenters. The molecule has 0 saturated heterocycles. The molecular weight excluding hydrogens is 200 g/mol. The second kappa shape index (κ2) is 3.19. The molecule has 0 aliphatic carbocycles. The molecule has 2 rings (SSSR count). The average Bonchev–Trinajstić information content (AvgIpc) is 2.59. The van der Waals surface area contributed by atoms with E-state index in [1.165, 1.54) is 16.0 Å². The Morgan fingerprint density at radius 3 is 2.67 bits per heavy atom. The summed E-state index contributed by atoms with van der Waals surface area (Å²) in [6.45, 7) is 0.279. The van der Waals surface area contributed by atoms with Crippen molar-refractivity contribution in [2.45, 2.75) is 0 Å². The predicted molar refractivity (Wildman–Crippen MR) is 49.8 cm³/mol. The Kier molecular flexibility index (Phi) is 2.00. The van der Waals surface area contributed by atoms with E-state index in [4.69, 9.17) is 16.2 Å². The molecule has 0 spiro atoms. The number of amides is 4. The summed E-state index contributed by atoms with van der Waals surface area (Å²) in [5.41, 5.74) is 10.8. The second-order valence-corrected chi connectivity index (χ2v) is 3.13. The van der Waals surface area contributed by atoms with Gasteiger partial charge in [-0.15, -0.1) is 0 Å². The summed E-state index contributed by atoms with van der Waals surface area (Å²) in [5, 5.41) is 0. The molecule has 0 unspecified atom stereocenters. The minimum atomic E-state index is -0.611. The van der Waals surface area contributed by atoms with Gasteiger partial charge in [-0.3, -0.25) is 9.80 Å². The third kappa shape index (κ3) is 1.47. The van der Waals surface area contributed by atoms with Gasteiger partial charge in [0.1, 0.15) is 5.76 Å². The molecule has 2 aliphatic heterocycles. The Balaban J connectivity index is 2.23. The molecule has 0 fully saturated rings. The molecule has 4 amide bonds. The van der Waals surface area contributed by atoms with E-state index in [0.29, 0.717) is 11.5 Å². The number of nitrogens with two attached hydrogens (primary N) is 2. The van der Waals surface area contributed by atoms with Gasteiger partial charge in [0.15, 0.2) is 6.73 Å². The molecule has 2 aliphatic rings. The van der Waals surface area contributed by atoms with Crippen molar-refractivity contribution >= 4 is 12.1 Å². The standard InChI is InChI=1S/C8H10N4O3/c9-7(13)11-2-1-6-5(3-11)12(4-15-6)8(10)14/h1-2H,3-4H2,(H2,9,13)(H2,10,14). The zero-order valence-corrected chi connectivity index (χ0v) is 7.84. The van der Waals surface area contributed by atoms with E-state index in [1.807, 2.05) is 0 Å². The lowest BCUT2D eigenvalue weighted by Gasteiger charge is -2.22. The van der Waals surface area contributed by atoms with Crippen molar-refractivity contribution in [3.05, 3.63) is 23.7 Å². The normalized spacial score (nSPS) is 18.9. The van der Waals surface area contributed by atoms with E-state index in [9.17, 15) is 9.59 Å². The van der Waals surface area contributed by atoms with Gasteiger partial charge in [0.2, 0.25) is 0 Å². The van der Waals surface area contributed by atoms with Crippen LogP contribution in [0.25, 0.3) is 0 Å². The van der Waals surface area contributed by atoms with Crippen LogP contribution in [0.2, 0.25) is 0 Å². The molecule has 0 aromatic rings. The summed E-state index contributed by atoms with van der Waals surface area (Å²) >= 11 is 0. The number of carbonyl (C=O) groups is 2. The first-order chi connectivity index (χ1) is 7.09. The number of ether oxygens (including phenoxy) is 1. The van der Waals surface area contributed by atoms with Crippen molar-refractivity contribution in [3.63, 3.8) is 0 Å². The van der Waals surface area contributed by atoms with Crippen LogP contribution in [0.5, 0.6) is 0 Å². The minimum absolute atomic E-state index is 0.0803. The van der Waals surface area contributed by atoms with Gasteiger partial charge < -0.3 is 16.2 Å². The second-order valence-electron chi connectivity index (χ2n) is 3.13. The summed E-state index contributed by atoms with van der Waals surface area (Å²) in [6, 6.07) is -1.20. The summed E-state index contributed by atoms with van der Waals surface area (Å²) in [6.07, 6.45) is 3.08. The molecule has 15 heavy (non-hydrogen) atoms. The first kappa shape index (κ1) is 9.38. The molecule has 7 heteroatoms. The molecule has 7 nitrogen and oxygen atoms in total. The number of rotatable bonds is 0. The van der Waals surface area contributed by atoms with Crippen molar-refractivity contribution in [2.24, 2.45) is 11.5 Å². The Hall–Kier alpha value is -2.18. The van der Waals surface area contributed by atoms with E-state index in [1.54, 1.807) is 6.08 Å². The molecule has 4 N–H and O–H groups in total. The van der Waals surface area contributed by atoms with Gasteiger partial charge in [0.05, 0.1) is 12.2 Å². The average molecular weight is 210 g/mol. The van der Waals surface area contributed by atoms with Gasteiger partial charge in [-0.05, 0) is 6.08 Å². The Bertz CT molecular complexity index is 387. The van der Waals surface area contributed by atoms with Gasteiger partial charge in [0.25, 0.3) is 0 Å². The van der Waals surface area contributed by atoms with E-state index < -0.39 is 12.1 Å². The highest BCUT2D eigenvalue weighted by atomic mass is 16.5. The van der Waals surface area contributed by atoms with Crippen LogP contribution < -0.4 is 11.5 Å². The lowest BCUT2D eigenvalue weighted by Crippen LogP contribution is -2.40. The van der Waals surface area contributed by atoms with Gasteiger partial charge in [0, 0.05) is 6.20 Å². The number of carbonyl (C=O) groups excluding carboxylic acids is 2. The topological polar surface area (TPSA) is 102 Å². The lowest BCUT2D eigenvalue weighted by molar-refractivity contribution is 0.160. The number of hydrogen-bond acceptors (Lipinski definition) is 3. The zero-order valence-electron chi connectivity index (χ0n) is 7.84.